The molecule has 37 heavy (non-hydrogen) atoms. The molecule has 0 aliphatic heterocycles. The number of methoxy groups -OCH3 is 1. The standard InChI is InChI=1S/C24H26FN5O6S/c1-12(2)36-18(16-10-15(25)6-7-17(16)35-5)11-28-22-19(13(3)21(37-22)30-26-8-9-27-30)20(31)29(24(28)34)14(4)23(32)33/h6-10,12,14,18H,11H2,1-5H3,(H,32,33)/t14?,18-/m0/s1. The first-order chi connectivity index (χ1) is 17.5. The van der Waals surface area contributed by atoms with Gasteiger partial charge in [0.15, 0.2) is 0 Å². The maximum Gasteiger partial charge on any atom is 0.333 e. The molecule has 13 heteroatoms. The Morgan fingerprint density at radius 3 is 2.46 bits per heavy atom. The van der Waals surface area contributed by atoms with Gasteiger partial charge in [-0.05, 0) is 45.9 Å². The molecule has 2 atom stereocenters. The van der Waals surface area contributed by atoms with Crippen molar-refractivity contribution in [2.24, 2.45) is 0 Å². The SMILES string of the molecule is COc1ccc(F)cc1[C@H](Cn1c(=O)n(C(C)C(=O)O)c(=O)c2c(C)c(-n3nccn3)sc21)OC(C)C. The molecule has 0 aliphatic rings. The normalized spacial score (nSPS) is 13.3. The van der Waals surface area contributed by atoms with Crippen molar-refractivity contribution >= 4 is 27.5 Å². The fourth-order valence-electron chi connectivity index (χ4n) is 4.14. The van der Waals surface area contributed by atoms with Crippen molar-refractivity contribution in [2.45, 2.75) is 52.5 Å². The summed E-state index contributed by atoms with van der Waals surface area (Å²) in [4.78, 5) is 40.6. The van der Waals surface area contributed by atoms with E-state index in [4.69, 9.17) is 9.47 Å². The van der Waals surface area contributed by atoms with Gasteiger partial charge in [-0.1, -0.05) is 11.3 Å². The van der Waals surface area contributed by atoms with E-state index in [1.807, 2.05) is 0 Å². The van der Waals surface area contributed by atoms with Crippen molar-refractivity contribution in [3.8, 4) is 10.8 Å². The van der Waals surface area contributed by atoms with Gasteiger partial charge >= 0.3 is 11.7 Å². The van der Waals surface area contributed by atoms with E-state index in [1.54, 1.807) is 20.8 Å². The Morgan fingerprint density at radius 1 is 1.19 bits per heavy atom. The second-order valence-electron chi connectivity index (χ2n) is 8.67. The maximum absolute atomic E-state index is 14.3. The zero-order valence-electron chi connectivity index (χ0n) is 20.8. The Kier molecular flexibility index (Phi) is 7.28. The van der Waals surface area contributed by atoms with Crippen LogP contribution < -0.4 is 16.0 Å². The number of fused-ring (bicyclic) bond motifs is 1. The Balaban J connectivity index is 2.03. The zero-order chi connectivity index (χ0) is 27.0. The fourth-order valence-corrected chi connectivity index (χ4v) is 5.36. The van der Waals surface area contributed by atoms with Crippen LogP contribution in [0.5, 0.6) is 5.75 Å². The first-order valence-electron chi connectivity index (χ1n) is 11.4. The van der Waals surface area contributed by atoms with Crippen molar-refractivity contribution in [1.29, 1.82) is 0 Å². The summed E-state index contributed by atoms with van der Waals surface area (Å²) < 4.78 is 27.8. The molecule has 0 saturated carbocycles. The average Bonchev–Trinajstić information content (AvgIpc) is 3.48. The van der Waals surface area contributed by atoms with Crippen molar-refractivity contribution in [3.63, 3.8) is 0 Å². The summed E-state index contributed by atoms with van der Waals surface area (Å²) in [5, 5.41) is 18.6. The van der Waals surface area contributed by atoms with E-state index >= 15 is 0 Å². The summed E-state index contributed by atoms with van der Waals surface area (Å²) in [5.41, 5.74) is -0.710. The van der Waals surface area contributed by atoms with Gasteiger partial charge in [0.25, 0.3) is 5.56 Å². The number of carbonyl (C=O) groups is 1. The highest BCUT2D eigenvalue weighted by molar-refractivity contribution is 7.21. The van der Waals surface area contributed by atoms with Crippen LogP contribution in [0.2, 0.25) is 0 Å². The third kappa shape index (κ3) is 4.79. The summed E-state index contributed by atoms with van der Waals surface area (Å²) >= 11 is 1.11. The molecule has 3 heterocycles. The van der Waals surface area contributed by atoms with Crippen LogP contribution in [-0.2, 0) is 16.1 Å². The van der Waals surface area contributed by atoms with Crippen LogP contribution in [0.1, 0.15) is 44.0 Å². The largest absolute Gasteiger partial charge is 0.496 e. The minimum absolute atomic E-state index is 0.147. The Bertz CT molecular complexity index is 1570. The Morgan fingerprint density at radius 2 is 1.86 bits per heavy atom. The Labute approximate surface area is 214 Å². The molecule has 1 N–H and O–H groups in total. The first kappa shape index (κ1) is 26.2. The number of nitrogens with zero attached hydrogens (tertiary/aromatic N) is 5. The monoisotopic (exact) mass is 531 g/mol. The highest BCUT2D eigenvalue weighted by Gasteiger charge is 2.29. The number of halogens is 1. The van der Waals surface area contributed by atoms with Gasteiger partial charge in [-0.2, -0.15) is 10.2 Å². The molecule has 0 amide bonds. The second-order valence-corrected chi connectivity index (χ2v) is 9.65. The lowest BCUT2D eigenvalue weighted by Gasteiger charge is -2.24. The lowest BCUT2D eigenvalue weighted by Crippen LogP contribution is -2.44. The lowest BCUT2D eigenvalue weighted by molar-refractivity contribution is -0.140. The number of aryl methyl sites for hydroxylation is 1. The molecule has 0 saturated heterocycles. The van der Waals surface area contributed by atoms with Gasteiger partial charge < -0.3 is 14.6 Å². The number of hydrogen-bond donors (Lipinski definition) is 1. The first-order valence-corrected chi connectivity index (χ1v) is 12.2. The number of ether oxygens (including phenoxy) is 2. The maximum atomic E-state index is 14.3. The van der Waals surface area contributed by atoms with Crippen molar-refractivity contribution < 1.29 is 23.8 Å². The highest BCUT2D eigenvalue weighted by Crippen LogP contribution is 2.34. The van der Waals surface area contributed by atoms with E-state index < -0.39 is 35.2 Å². The molecule has 4 rings (SSSR count). The van der Waals surface area contributed by atoms with Gasteiger partial charge in [-0.3, -0.25) is 9.36 Å². The van der Waals surface area contributed by atoms with E-state index in [1.165, 1.54) is 54.0 Å². The van der Waals surface area contributed by atoms with Crippen LogP contribution >= 0.6 is 11.3 Å². The number of aromatic nitrogens is 5. The number of carboxylic acids is 1. The number of benzene rings is 1. The predicted molar refractivity (Wildman–Crippen MR) is 134 cm³/mol. The van der Waals surface area contributed by atoms with E-state index in [2.05, 4.69) is 10.2 Å². The third-order valence-electron chi connectivity index (χ3n) is 5.89. The van der Waals surface area contributed by atoms with Crippen molar-refractivity contribution in [1.82, 2.24) is 24.1 Å². The van der Waals surface area contributed by atoms with Crippen molar-refractivity contribution in [3.05, 3.63) is 68.4 Å². The van der Waals surface area contributed by atoms with Crippen LogP contribution in [0.3, 0.4) is 0 Å². The van der Waals surface area contributed by atoms with Gasteiger partial charge in [-0.15, -0.1) is 4.80 Å². The van der Waals surface area contributed by atoms with Gasteiger partial charge in [0.2, 0.25) is 0 Å². The second kappa shape index (κ2) is 10.3. The minimum atomic E-state index is -1.44. The smallest absolute Gasteiger partial charge is 0.333 e. The summed E-state index contributed by atoms with van der Waals surface area (Å²) in [5.74, 6) is -1.50. The third-order valence-corrected chi connectivity index (χ3v) is 7.17. The molecular weight excluding hydrogens is 505 g/mol. The molecule has 0 aliphatic carbocycles. The van der Waals surface area contributed by atoms with Gasteiger partial charge in [-0.25, -0.2) is 18.5 Å². The summed E-state index contributed by atoms with van der Waals surface area (Å²) in [6, 6.07) is 2.54. The van der Waals surface area contributed by atoms with Crippen LogP contribution in [0.4, 0.5) is 4.39 Å². The number of hydrogen-bond acceptors (Lipinski definition) is 8. The fraction of sp³-hybridized carbons (Fsp3) is 0.375. The van der Waals surface area contributed by atoms with E-state index in [0.29, 0.717) is 31.3 Å². The lowest BCUT2D eigenvalue weighted by atomic mass is 10.1. The predicted octanol–water partition coefficient (Wildman–Crippen LogP) is 3.07. The molecule has 3 aromatic heterocycles. The van der Waals surface area contributed by atoms with Gasteiger partial charge in [0.1, 0.15) is 33.5 Å². The quantitative estimate of drug-likeness (QED) is 0.349. The molecule has 0 spiro atoms. The van der Waals surface area contributed by atoms with E-state index in [-0.39, 0.29) is 18.0 Å². The molecule has 11 nitrogen and oxygen atoms in total. The van der Waals surface area contributed by atoms with Gasteiger partial charge in [0, 0.05) is 11.1 Å². The summed E-state index contributed by atoms with van der Waals surface area (Å²) in [7, 11) is 1.44. The molecular formula is C24H26FN5O6S. The molecule has 4 aromatic rings. The Hall–Kier alpha value is -3.84. The number of aliphatic carboxylic acids is 1. The minimum Gasteiger partial charge on any atom is -0.496 e. The molecule has 0 fully saturated rings. The molecule has 0 bridgehead atoms. The number of thiophene rings is 1. The highest BCUT2D eigenvalue weighted by atomic mass is 32.1. The molecule has 196 valence electrons. The van der Waals surface area contributed by atoms with E-state index in [0.717, 1.165) is 11.3 Å². The van der Waals surface area contributed by atoms with Crippen LogP contribution in [0.25, 0.3) is 15.2 Å². The topological polar surface area (TPSA) is 130 Å². The van der Waals surface area contributed by atoms with Crippen LogP contribution in [0.15, 0.2) is 40.2 Å². The van der Waals surface area contributed by atoms with Crippen LogP contribution in [-0.4, -0.2) is 48.4 Å². The van der Waals surface area contributed by atoms with Crippen molar-refractivity contribution in [2.75, 3.05) is 7.11 Å². The van der Waals surface area contributed by atoms with Gasteiger partial charge in [0.05, 0.1) is 37.5 Å². The molecule has 1 aromatic carbocycles. The summed E-state index contributed by atoms with van der Waals surface area (Å²) in [6.07, 6.45) is 1.77. The number of rotatable bonds is 9. The molecule has 1 unspecified atom stereocenters. The number of carboxylic acid groups (broad SMARTS) is 1. The zero-order valence-corrected chi connectivity index (χ0v) is 21.7. The van der Waals surface area contributed by atoms with Crippen LogP contribution in [0, 0.1) is 12.7 Å². The molecule has 0 radical (unpaired) electrons. The summed E-state index contributed by atoms with van der Waals surface area (Å²) in [6.45, 7) is 6.38. The van der Waals surface area contributed by atoms with E-state index in [9.17, 15) is 23.9 Å². The average molecular weight is 532 g/mol.